The van der Waals surface area contributed by atoms with Gasteiger partial charge in [0.15, 0.2) is 0 Å². The Morgan fingerprint density at radius 3 is 2.40 bits per heavy atom. The molecular weight excluding hydrogens is 544 g/mol. The molecule has 2 N–H and O–H groups in total. The number of piperazine rings is 1. The lowest BCUT2D eigenvalue weighted by Crippen LogP contribution is -2.44. The zero-order chi connectivity index (χ0) is 30.5. The molecule has 2 fully saturated rings. The molecule has 1 saturated heterocycles. The number of rotatable bonds is 8. The van der Waals surface area contributed by atoms with Crippen LogP contribution in [0.2, 0.25) is 0 Å². The van der Waals surface area contributed by atoms with E-state index in [4.69, 9.17) is 11.4 Å². The number of hydrogen-bond acceptors (Lipinski definition) is 8. The average Bonchev–Trinajstić information content (AvgIpc) is 3.00. The van der Waals surface area contributed by atoms with Crippen molar-refractivity contribution < 1.29 is 9.59 Å². The molecule has 0 spiro atoms. The SMILES string of the molecule is C#Cc1cc(=O)n(C2CCC(NC(=O)CCC(=O)N(C)C)CC2)c2nc(Nc3ccc(N4CCN(C)CC4)cc3)ncc12. The van der Waals surface area contributed by atoms with Crippen LogP contribution in [0.4, 0.5) is 17.3 Å². The number of fused-ring (bicyclic) bond motifs is 1. The van der Waals surface area contributed by atoms with Crippen LogP contribution >= 0.6 is 0 Å². The Morgan fingerprint density at radius 1 is 1.05 bits per heavy atom. The van der Waals surface area contributed by atoms with Gasteiger partial charge < -0.3 is 25.3 Å². The molecule has 43 heavy (non-hydrogen) atoms. The van der Waals surface area contributed by atoms with Crippen LogP contribution in [0.1, 0.15) is 50.1 Å². The fraction of sp³-hybridized carbons (Fsp3) is 0.469. The predicted molar refractivity (Wildman–Crippen MR) is 169 cm³/mol. The second kappa shape index (κ2) is 13.3. The van der Waals surface area contributed by atoms with Crippen LogP contribution in [0.25, 0.3) is 11.0 Å². The van der Waals surface area contributed by atoms with E-state index < -0.39 is 0 Å². The minimum Gasteiger partial charge on any atom is -0.369 e. The molecule has 2 aromatic heterocycles. The average molecular weight is 585 g/mol. The van der Waals surface area contributed by atoms with Gasteiger partial charge >= 0.3 is 0 Å². The third kappa shape index (κ3) is 7.14. The first-order chi connectivity index (χ1) is 20.7. The Kier molecular flexibility index (Phi) is 9.26. The van der Waals surface area contributed by atoms with Crippen LogP contribution in [0, 0.1) is 12.3 Å². The predicted octanol–water partition coefficient (Wildman–Crippen LogP) is 2.74. The van der Waals surface area contributed by atoms with E-state index in [0.717, 1.165) is 44.7 Å². The molecule has 2 aliphatic rings. The second-order valence-electron chi connectivity index (χ2n) is 11.7. The van der Waals surface area contributed by atoms with Crippen molar-refractivity contribution in [2.45, 2.75) is 50.6 Å². The minimum atomic E-state index is -0.198. The zero-order valence-corrected chi connectivity index (χ0v) is 25.2. The minimum absolute atomic E-state index is 0.00540. The van der Waals surface area contributed by atoms with Gasteiger partial charge in [0.25, 0.3) is 5.56 Å². The molecule has 3 aromatic rings. The lowest BCUT2D eigenvalue weighted by molar-refractivity contribution is -0.131. The van der Waals surface area contributed by atoms with Crippen LogP contribution in [0.3, 0.4) is 0 Å². The summed E-state index contributed by atoms with van der Waals surface area (Å²) in [7, 11) is 5.50. The number of likely N-dealkylation sites (N-methyl/N-ethyl adjacent to an activating group) is 1. The normalized spacial score (nSPS) is 19.1. The quantitative estimate of drug-likeness (QED) is 0.389. The molecular formula is C32H40N8O3. The maximum Gasteiger partial charge on any atom is 0.253 e. The van der Waals surface area contributed by atoms with Gasteiger partial charge in [-0.1, -0.05) is 5.92 Å². The summed E-state index contributed by atoms with van der Waals surface area (Å²) < 4.78 is 1.73. The van der Waals surface area contributed by atoms with Gasteiger partial charge in [-0.3, -0.25) is 19.0 Å². The number of amides is 2. The lowest BCUT2D eigenvalue weighted by Gasteiger charge is -2.34. The van der Waals surface area contributed by atoms with E-state index in [2.05, 4.69) is 50.5 Å². The van der Waals surface area contributed by atoms with Crippen molar-refractivity contribution >= 4 is 40.2 Å². The van der Waals surface area contributed by atoms with Crippen molar-refractivity contribution in [1.29, 1.82) is 0 Å². The molecule has 0 radical (unpaired) electrons. The number of terminal acetylenes is 1. The summed E-state index contributed by atoms with van der Waals surface area (Å²) in [6, 6.07) is 9.61. The molecule has 1 saturated carbocycles. The molecule has 1 aliphatic heterocycles. The maximum absolute atomic E-state index is 13.3. The Hall–Kier alpha value is -4.43. The molecule has 1 aliphatic carbocycles. The number of aromatic nitrogens is 3. The number of benzene rings is 1. The lowest BCUT2D eigenvalue weighted by atomic mass is 9.90. The van der Waals surface area contributed by atoms with Crippen LogP contribution < -0.4 is 21.1 Å². The van der Waals surface area contributed by atoms with Crippen molar-refractivity contribution in [1.82, 2.24) is 29.7 Å². The molecule has 3 heterocycles. The number of nitrogens with one attached hydrogen (secondary N) is 2. The highest BCUT2D eigenvalue weighted by Gasteiger charge is 2.26. The Labute approximate surface area is 252 Å². The number of anilines is 3. The van der Waals surface area contributed by atoms with Gasteiger partial charge in [0.2, 0.25) is 17.8 Å². The molecule has 11 heteroatoms. The first-order valence-corrected chi connectivity index (χ1v) is 14.9. The summed E-state index contributed by atoms with van der Waals surface area (Å²) in [6.45, 7) is 4.08. The smallest absolute Gasteiger partial charge is 0.253 e. The summed E-state index contributed by atoms with van der Waals surface area (Å²) in [6.07, 6.45) is 10.6. The van der Waals surface area contributed by atoms with E-state index in [1.54, 1.807) is 24.9 Å². The summed E-state index contributed by atoms with van der Waals surface area (Å²) in [5.74, 6) is 2.80. The molecule has 0 atom stereocenters. The monoisotopic (exact) mass is 584 g/mol. The first-order valence-electron chi connectivity index (χ1n) is 14.9. The van der Waals surface area contributed by atoms with E-state index in [9.17, 15) is 14.4 Å². The van der Waals surface area contributed by atoms with Crippen LogP contribution in [0.5, 0.6) is 0 Å². The van der Waals surface area contributed by atoms with Crippen LogP contribution in [-0.4, -0.2) is 89.5 Å². The standard InChI is InChI=1S/C32H40N8O3/c1-5-22-20-30(43)40(26-12-8-23(9-13-26)34-28(41)14-15-29(42)37(2)3)31-27(22)21-33-32(36-31)35-24-6-10-25(11-7-24)39-18-16-38(4)17-19-39/h1,6-7,10-11,20-21,23,26H,8-9,12-19H2,2-4H3,(H,34,41)(H,33,35,36). The Bertz CT molecular complexity index is 1560. The van der Waals surface area contributed by atoms with Gasteiger partial charge in [0.1, 0.15) is 5.65 Å². The van der Waals surface area contributed by atoms with Gasteiger partial charge in [0, 0.05) is 94.4 Å². The molecule has 0 unspecified atom stereocenters. The van der Waals surface area contributed by atoms with Crippen LogP contribution in [-0.2, 0) is 9.59 Å². The molecule has 2 amide bonds. The van der Waals surface area contributed by atoms with E-state index in [-0.39, 0.29) is 42.3 Å². The fourth-order valence-corrected chi connectivity index (χ4v) is 5.83. The Balaban J connectivity index is 1.29. The largest absolute Gasteiger partial charge is 0.369 e. The van der Waals surface area contributed by atoms with Gasteiger partial charge in [-0.15, -0.1) is 6.42 Å². The van der Waals surface area contributed by atoms with E-state index in [1.165, 1.54) is 16.7 Å². The van der Waals surface area contributed by atoms with Crippen molar-refractivity contribution in [2.75, 3.05) is 57.5 Å². The summed E-state index contributed by atoms with van der Waals surface area (Å²) in [5, 5.41) is 6.99. The topological polar surface area (TPSA) is 116 Å². The van der Waals surface area contributed by atoms with Crippen molar-refractivity contribution in [3.63, 3.8) is 0 Å². The number of carbonyl (C=O) groups excluding carboxylic acids is 2. The highest BCUT2D eigenvalue weighted by Crippen LogP contribution is 2.31. The molecule has 5 rings (SSSR count). The number of carbonyl (C=O) groups is 2. The fourth-order valence-electron chi connectivity index (χ4n) is 5.83. The third-order valence-corrected chi connectivity index (χ3v) is 8.43. The zero-order valence-electron chi connectivity index (χ0n) is 25.2. The highest BCUT2D eigenvalue weighted by molar-refractivity contribution is 5.84. The van der Waals surface area contributed by atoms with E-state index >= 15 is 0 Å². The number of hydrogen-bond donors (Lipinski definition) is 2. The van der Waals surface area contributed by atoms with Gasteiger partial charge in [0.05, 0.1) is 5.39 Å². The maximum atomic E-state index is 13.3. The second-order valence-corrected chi connectivity index (χ2v) is 11.7. The summed E-state index contributed by atoms with van der Waals surface area (Å²) >= 11 is 0. The molecule has 11 nitrogen and oxygen atoms in total. The van der Waals surface area contributed by atoms with E-state index in [0.29, 0.717) is 35.4 Å². The first kappa shape index (κ1) is 30.0. The van der Waals surface area contributed by atoms with Crippen molar-refractivity contribution in [2.24, 2.45) is 0 Å². The molecule has 0 bridgehead atoms. The summed E-state index contributed by atoms with van der Waals surface area (Å²) in [4.78, 5) is 53.0. The summed E-state index contributed by atoms with van der Waals surface area (Å²) in [5.41, 5.74) is 2.80. The van der Waals surface area contributed by atoms with Gasteiger partial charge in [-0.2, -0.15) is 4.98 Å². The highest BCUT2D eigenvalue weighted by atomic mass is 16.2. The molecule has 226 valence electrons. The van der Waals surface area contributed by atoms with Crippen molar-refractivity contribution in [3.05, 3.63) is 52.4 Å². The number of nitrogens with zero attached hydrogens (tertiary/aromatic N) is 6. The Morgan fingerprint density at radius 2 is 1.74 bits per heavy atom. The number of pyridine rings is 1. The van der Waals surface area contributed by atoms with E-state index in [1.807, 2.05) is 12.1 Å². The van der Waals surface area contributed by atoms with Crippen LogP contribution in [0.15, 0.2) is 41.3 Å². The van der Waals surface area contributed by atoms with Gasteiger partial charge in [-0.05, 0) is 57.0 Å². The third-order valence-electron chi connectivity index (χ3n) is 8.43. The molecule has 1 aromatic carbocycles. The van der Waals surface area contributed by atoms with Gasteiger partial charge in [-0.25, -0.2) is 4.98 Å². The van der Waals surface area contributed by atoms with Crippen molar-refractivity contribution in [3.8, 4) is 12.3 Å².